The van der Waals surface area contributed by atoms with Crippen LogP contribution in [0.1, 0.15) is 43.5 Å². The highest BCUT2D eigenvalue weighted by Gasteiger charge is 2.17. The molecule has 1 aromatic carbocycles. The van der Waals surface area contributed by atoms with E-state index in [1.54, 1.807) is 11.3 Å². The SMILES string of the molecule is CCCOc1ccccc1OC(CC)c1nc(CCl)cs1. The van der Waals surface area contributed by atoms with Gasteiger partial charge in [0.15, 0.2) is 11.5 Å². The smallest absolute Gasteiger partial charge is 0.162 e. The van der Waals surface area contributed by atoms with E-state index in [0.717, 1.165) is 35.0 Å². The predicted octanol–water partition coefficient (Wildman–Crippen LogP) is 5.20. The highest BCUT2D eigenvalue weighted by Crippen LogP contribution is 2.33. The third kappa shape index (κ3) is 4.35. The lowest BCUT2D eigenvalue weighted by molar-refractivity contribution is 0.187. The van der Waals surface area contributed by atoms with Crippen LogP contribution < -0.4 is 9.47 Å². The van der Waals surface area contributed by atoms with Gasteiger partial charge < -0.3 is 9.47 Å². The van der Waals surface area contributed by atoms with E-state index in [2.05, 4.69) is 18.8 Å². The highest BCUT2D eigenvalue weighted by molar-refractivity contribution is 7.09. The van der Waals surface area contributed by atoms with Gasteiger partial charge in [0, 0.05) is 5.38 Å². The normalized spacial score (nSPS) is 12.1. The number of para-hydroxylation sites is 2. The molecular formula is C16H20ClNO2S. The predicted molar refractivity (Wildman–Crippen MR) is 87.6 cm³/mol. The first kappa shape index (κ1) is 16.1. The van der Waals surface area contributed by atoms with Crippen molar-refractivity contribution in [3.63, 3.8) is 0 Å². The van der Waals surface area contributed by atoms with Crippen LogP contribution in [0.3, 0.4) is 0 Å². The van der Waals surface area contributed by atoms with Crippen molar-refractivity contribution in [1.29, 1.82) is 0 Å². The molecule has 2 rings (SSSR count). The van der Waals surface area contributed by atoms with Gasteiger partial charge >= 0.3 is 0 Å². The molecule has 1 heterocycles. The Labute approximate surface area is 134 Å². The molecule has 0 bridgehead atoms. The van der Waals surface area contributed by atoms with Gasteiger partial charge in [-0.2, -0.15) is 0 Å². The zero-order valence-electron chi connectivity index (χ0n) is 12.3. The maximum Gasteiger partial charge on any atom is 0.162 e. The largest absolute Gasteiger partial charge is 0.490 e. The molecule has 0 aliphatic carbocycles. The van der Waals surface area contributed by atoms with Gasteiger partial charge in [-0.05, 0) is 25.0 Å². The summed E-state index contributed by atoms with van der Waals surface area (Å²) in [6.45, 7) is 4.86. The molecule has 0 aliphatic heterocycles. The van der Waals surface area contributed by atoms with Crippen molar-refractivity contribution < 1.29 is 9.47 Å². The van der Waals surface area contributed by atoms with E-state index < -0.39 is 0 Å². The standard InChI is InChI=1S/C16H20ClNO2S/c1-3-9-19-14-7-5-6-8-15(14)20-13(4-2)16-18-12(10-17)11-21-16/h5-8,11,13H,3-4,9-10H2,1-2H3. The number of hydrogen-bond acceptors (Lipinski definition) is 4. The molecule has 1 aromatic heterocycles. The summed E-state index contributed by atoms with van der Waals surface area (Å²) >= 11 is 7.40. The Morgan fingerprint density at radius 2 is 2.00 bits per heavy atom. The number of benzene rings is 1. The lowest BCUT2D eigenvalue weighted by Crippen LogP contribution is -2.08. The third-order valence-corrected chi connectivity index (χ3v) is 4.19. The summed E-state index contributed by atoms with van der Waals surface area (Å²) in [6, 6.07) is 7.77. The molecule has 2 aromatic rings. The molecule has 1 unspecified atom stereocenters. The summed E-state index contributed by atoms with van der Waals surface area (Å²) < 4.78 is 11.8. The van der Waals surface area contributed by atoms with E-state index in [1.807, 2.05) is 29.6 Å². The molecule has 0 N–H and O–H groups in total. The summed E-state index contributed by atoms with van der Waals surface area (Å²) in [5.41, 5.74) is 0.897. The van der Waals surface area contributed by atoms with E-state index in [-0.39, 0.29) is 6.10 Å². The van der Waals surface area contributed by atoms with Crippen molar-refractivity contribution in [3.05, 3.63) is 40.3 Å². The van der Waals surface area contributed by atoms with Gasteiger partial charge in [0.25, 0.3) is 0 Å². The van der Waals surface area contributed by atoms with Crippen LogP contribution in [0.15, 0.2) is 29.6 Å². The fourth-order valence-corrected chi connectivity index (χ4v) is 3.03. The highest BCUT2D eigenvalue weighted by atomic mass is 35.5. The van der Waals surface area contributed by atoms with Gasteiger partial charge in [0.05, 0.1) is 18.2 Å². The Morgan fingerprint density at radius 3 is 2.62 bits per heavy atom. The van der Waals surface area contributed by atoms with Crippen molar-refractivity contribution in [2.24, 2.45) is 0 Å². The van der Waals surface area contributed by atoms with Gasteiger partial charge in [-0.1, -0.05) is 26.0 Å². The van der Waals surface area contributed by atoms with Crippen LogP contribution in [0.25, 0.3) is 0 Å². The van der Waals surface area contributed by atoms with Gasteiger partial charge in [0.2, 0.25) is 0 Å². The first-order chi connectivity index (χ1) is 10.3. The fraction of sp³-hybridized carbons (Fsp3) is 0.438. The number of thiazole rings is 1. The zero-order valence-corrected chi connectivity index (χ0v) is 13.9. The second-order valence-electron chi connectivity index (χ2n) is 4.62. The summed E-state index contributed by atoms with van der Waals surface area (Å²) in [7, 11) is 0. The van der Waals surface area contributed by atoms with Crippen molar-refractivity contribution in [3.8, 4) is 11.5 Å². The monoisotopic (exact) mass is 325 g/mol. The van der Waals surface area contributed by atoms with E-state index in [4.69, 9.17) is 21.1 Å². The fourth-order valence-electron chi connectivity index (χ4n) is 1.87. The van der Waals surface area contributed by atoms with Crippen LogP contribution >= 0.6 is 22.9 Å². The van der Waals surface area contributed by atoms with E-state index in [9.17, 15) is 0 Å². The molecule has 0 spiro atoms. The third-order valence-electron chi connectivity index (χ3n) is 2.93. The molecule has 0 amide bonds. The topological polar surface area (TPSA) is 31.4 Å². The van der Waals surface area contributed by atoms with Gasteiger partial charge in [-0.25, -0.2) is 4.98 Å². The lowest BCUT2D eigenvalue weighted by Gasteiger charge is -2.18. The maximum absolute atomic E-state index is 6.12. The average molecular weight is 326 g/mol. The minimum absolute atomic E-state index is 0.0710. The van der Waals surface area contributed by atoms with Crippen LogP contribution in [0.5, 0.6) is 11.5 Å². The number of aromatic nitrogens is 1. The van der Waals surface area contributed by atoms with Crippen molar-refractivity contribution >= 4 is 22.9 Å². The number of alkyl halides is 1. The molecule has 114 valence electrons. The minimum Gasteiger partial charge on any atom is -0.490 e. The number of nitrogens with zero attached hydrogens (tertiary/aromatic N) is 1. The molecule has 5 heteroatoms. The Kier molecular flexibility index (Phi) is 6.33. The molecule has 3 nitrogen and oxygen atoms in total. The van der Waals surface area contributed by atoms with Crippen LogP contribution in [0.2, 0.25) is 0 Å². The molecule has 0 saturated carbocycles. The van der Waals surface area contributed by atoms with E-state index in [1.165, 1.54) is 0 Å². The van der Waals surface area contributed by atoms with Crippen LogP contribution in [-0.2, 0) is 5.88 Å². The second-order valence-corrected chi connectivity index (χ2v) is 5.78. The number of halogens is 1. The molecule has 0 fully saturated rings. The van der Waals surface area contributed by atoms with Crippen molar-refractivity contribution in [2.75, 3.05) is 6.61 Å². The van der Waals surface area contributed by atoms with Gasteiger partial charge in [-0.15, -0.1) is 22.9 Å². The molecule has 0 saturated heterocycles. The average Bonchev–Trinajstić information content (AvgIpc) is 3.00. The summed E-state index contributed by atoms with van der Waals surface area (Å²) in [6.07, 6.45) is 1.74. The maximum atomic E-state index is 6.12. The van der Waals surface area contributed by atoms with Gasteiger partial charge in [0.1, 0.15) is 11.1 Å². The molecule has 0 radical (unpaired) electrons. The van der Waals surface area contributed by atoms with E-state index >= 15 is 0 Å². The Hall–Kier alpha value is -1.26. The van der Waals surface area contributed by atoms with Crippen LogP contribution in [-0.4, -0.2) is 11.6 Å². The zero-order chi connectivity index (χ0) is 15.1. The first-order valence-electron chi connectivity index (χ1n) is 7.17. The summed E-state index contributed by atoms with van der Waals surface area (Å²) in [5, 5.41) is 2.94. The second kappa shape index (κ2) is 8.25. The first-order valence-corrected chi connectivity index (χ1v) is 8.58. The quantitative estimate of drug-likeness (QED) is 0.625. The van der Waals surface area contributed by atoms with Crippen LogP contribution in [0, 0.1) is 0 Å². The molecule has 21 heavy (non-hydrogen) atoms. The minimum atomic E-state index is -0.0710. The van der Waals surface area contributed by atoms with E-state index in [0.29, 0.717) is 12.5 Å². The Morgan fingerprint density at radius 1 is 1.24 bits per heavy atom. The summed E-state index contributed by atoms with van der Waals surface area (Å²) in [4.78, 5) is 4.51. The van der Waals surface area contributed by atoms with Crippen molar-refractivity contribution in [1.82, 2.24) is 4.98 Å². The van der Waals surface area contributed by atoms with Crippen molar-refractivity contribution in [2.45, 2.75) is 38.7 Å². The number of ether oxygens (including phenoxy) is 2. The molecular weight excluding hydrogens is 306 g/mol. The lowest BCUT2D eigenvalue weighted by atomic mass is 10.2. The van der Waals surface area contributed by atoms with Crippen LogP contribution in [0.4, 0.5) is 0 Å². The number of hydrogen-bond donors (Lipinski definition) is 0. The van der Waals surface area contributed by atoms with Gasteiger partial charge in [-0.3, -0.25) is 0 Å². The molecule has 1 atom stereocenters. The summed E-state index contributed by atoms with van der Waals surface area (Å²) in [5.74, 6) is 1.98. The number of rotatable bonds is 8. The molecule has 0 aliphatic rings. The Balaban J connectivity index is 2.14. The Bertz CT molecular complexity index is 559.